The molecule has 0 amide bonds. The van der Waals surface area contributed by atoms with Crippen LogP contribution in [0.4, 0.5) is 11.8 Å². The highest BCUT2D eigenvalue weighted by atomic mass is 32.1. The summed E-state index contributed by atoms with van der Waals surface area (Å²) in [5.41, 5.74) is 8.31. The van der Waals surface area contributed by atoms with Gasteiger partial charge in [0.15, 0.2) is 0 Å². The third kappa shape index (κ3) is 2.44. The number of hydrogen-bond donors (Lipinski definition) is 1. The summed E-state index contributed by atoms with van der Waals surface area (Å²) in [5, 5.41) is 3.07. The monoisotopic (exact) mass is 284 g/mol. The molecule has 0 atom stereocenters. The van der Waals surface area contributed by atoms with E-state index in [0.29, 0.717) is 5.95 Å². The maximum atomic E-state index is 5.79. The largest absolute Gasteiger partial charge is 0.368 e. The number of nitrogens with two attached hydrogens (primary N) is 1. The summed E-state index contributed by atoms with van der Waals surface area (Å²) in [6.45, 7) is 2.88. The quantitative estimate of drug-likeness (QED) is 0.802. The van der Waals surface area contributed by atoms with Crippen LogP contribution in [0.5, 0.6) is 0 Å². The van der Waals surface area contributed by atoms with Crippen molar-refractivity contribution in [1.82, 2.24) is 9.97 Å². The van der Waals surface area contributed by atoms with Gasteiger partial charge in [-0.2, -0.15) is 4.98 Å². The van der Waals surface area contributed by atoms with E-state index in [0.717, 1.165) is 22.6 Å². The predicted octanol–water partition coefficient (Wildman–Crippen LogP) is 3.22. The number of benzene rings is 1. The lowest BCUT2D eigenvalue weighted by atomic mass is 10.1. The molecule has 102 valence electrons. The lowest BCUT2D eigenvalue weighted by molar-refractivity contribution is 0.902. The van der Waals surface area contributed by atoms with Gasteiger partial charge in [0.2, 0.25) is 5.95 Å². The van der Waals surface area contributed by atoms with Crippen LogP contribution in [0, 0.1) is 6.92 Å². The maximum absolute atomic E-state index is 5.79. The molecule has 0 aliphatic heterocycles. The van der Waals surface area contributed by atoms with Crippen LogP contribution in [0.1, 0.15) is 11.1 Å². The zero-order valence-corrected chi connectivity index (χ0v) is 12.3. The molecule has 5 heteroatoms. The number of rotatable bonds is 3. The highest BCUT2D eigenvalue weighted by Gasteiger charge is 2.11. The Balaban J connectivity index is 1.93. The Kier molecular flexibility index (Phi) is 3.28. The Morgan fingerprint density at radius 2 is 1.90 bits per heavy atom. The minimum atomic E-state index is 0.325. The van der Waals surface area contributed by atoms with Crippen molar-refractivity contribution in [2.45, 2.75) is 13.5 Å². The topological polar surface area (TPSA) is 55.0 Å². The van der Waals surface area contributed by atoms with Crippen molar-refractivity contribution in [3.8, 4) is 0 Å². The SMILES string of the molecule is Cc1ccc(CN(C)c2nc(N)nc3sccc23)cc1. The molecule has 3 rings (SSSR count). The zero-order valence-electron chi connectivity index (χ0n) is 11.5. The van der Waals surface area contributed by atoms with Crippen molar-refractivity contribution < 1.29 is 0 Å². The molecular formula is C15H16N4S. The Bertz CT molecular complexity index is 733. The molecule has 0 fully saturated rings. The van der Waals surface area contributed by atoms with E-state index < -0.39 is 0 Å². The zero-order chi connectivity index (χ0) is 14.1. The first kappa shape index (κ1) is 12.9. The van der Waals surface area contributed by atoms with E-state index in [1.807, 2.05) is 18.5 Å². The van der Waals surface area contributed by atoms with Crippen LogP contribution >= 0.6 is 11.3 Å². The third-order valence-corrected chi connectivity index (χ3v) is 4.03. The molecule has 0 saturated heterocycles. The number of fused-ring (bicyclic) bond motifs is 1. The standard InChI is InChI=1S/C15H16N4S/c1-10-3-5-11(6-4-10)9-19(2)13-12-7-8-20-14(12)18-15(16)17-13/h3-8H,9H2,1-2H3,(H2,16,17,18). The maximum Gasteiger partial charge on any atom is 0.223 e. The number of nitrogens with zero attached hydrogens (tertiary/aromatic N) is 3. The van der Waals surface area contributed by atoms with E-state index >= 15 is 0 Å². The first-order valence-electron chi connectivity index (χ1n) is 6.41. The molecule has 2 aromatic heterocycles. The van der Waals surface area contributed by atoms with Crippen molar-refractivity contribution in [2.75, 3.05) is 17.7 Å². The lowest BCUT2D eigenvalue weighted by Gasteiger charge is -2.19. The van der Waals surface area contributed by atoms with Crippen LogP contribution in [0.25, 0.3) is 10.2 Å². The molecule has 2 heterocycles. The van der Waals surface area contributed by atoms with E-state index in [9.17, 15) is 0 Å². The number of aromatic nitrogens is 2. The van der Waals surface area contributed by atoms with Gasteiger partial charge in [0.25, 0.3) is 0 Å². The molecule has 0 unspecified atom stereocenters. The second kappa shape index (κ2) is 5.09. The molecule has 0 saturated carbocycles. The van der Waals surface area contributed by atoms with Crippen LogP contribution in [-0.4, -0.2) is 17.0 Å². The number of nitrogen functional groups attached to an aromatic ring is 1. The number of hydrogen-bond acceptors (Lipinski definition) is 5. The minimum absolute atomic E-state index is 0.325. The lowest BCUT2D eigenvalue weighted by Crippen LogP contribution is -2.18. The molecule has 3 aromatic rings. The van der Waals surface area contributed by atoms with E-state index in [1.54, 1.807) is 11.3 Å². The van der Waals surface area contributed by atoms with Gasteiger partial charge >= 0.3 is 0 Å². The summed E-state index contributed by atoms with van der Waals surface area (Å²) in [7, 11) is 2.03. The molecule has 0 radical (unpaired) electrons. The summed E-state index contributed by atoms with van der Waals surface area (Å²) in [5.74, 6) is 1.21. The van der Waals surface area contributed by atoms with Gasteiger partial charge < -0.3 is 10.6 Å². The van der Waals surface area contributed by atoms with Gasteiger partial charge in [-0.25, -0.2) is 4.98 Å². The fraction of sp³-hybridized carbons (Fsp3) is 0.200. The van der Waals surface area contributed by atoms with E-state index in [2.05, 4.69) is 46.1 Å². The summed E-state index contributed by atoms with van der Waals surface area (Å²) >= 11 is 1.58. The van der Waals surface area contributed by atoms with E-state index in [-0.39, 0.29) is 0 Å². The van der Waals surface area contributed by atoms with Gasteiger partial charge in [-0.3, -0.25) is 0 Å². The molecule has 0 aliphatic rings. The van der Waals surface area contributed by atoms with Crippen molar-refractivity contribution in [3.63, 3.8) is 0 Å². The fourth-order valence-corrected chi connectivity index (χ4v) is 2.95. The van der Waals surface area contributed by atoms with Gasteiger partial charge in [0.1, 0.15) is 10.6 Å². The third-order valence-electron chi connectivity index (χ3n) is 3.22. The normalized spacial score (nSPS) is 10.9. The van der Waals surface area contributed by atoms with Crippen molar-refractivity contribution in [2.24, 2.45) is 0 Å². The predicted molar refractivity (Wildman–Crippen MR) is 85.1 cm³/mol. The number of thiophene rings is 1. The molecule has 0 bridgehead atoms. The molecule has 0 spiro atoms. The van der Waals surface area contributed by atoms with Crippen molar-refractivity contribution in [1.29, 1.82) is 0 Å². The highest BCUT2D eigenvalue weighted by Crippen LogP contribution is 2.28. The molecule has 2 N–H and O–H groups in total. The van der Waals surface area contributed by atoms with Crippen LogP contribution < -0.4 is 10.6 Å². The van der Waals surface area contributed by atoms with Crippen LogP contribution in [-0.2, 0) is 6.54 Å². The van der Waals surface area contributed by atoms with Crippen LogP contribution in [0.15, 0.2) is 35.7 Å². The van der Waals surface area contributed by atoms with Crippen LogP contribution in [0.2, 0.25) is 0 Å². The fourth-order valence-electron chi connectivity index (χ4n) is 2.19. The molecule has 20 heavy (non-hydrogen) atoms. The van der Waals surface area contributed by atoms with Crippen molar-refractivity contribution >= 4 is 33.3 Å². The summed E-state index contributed by atoms with van der Waals surface area (Å²) in [6.07, 6.45) is 0. The smallest absolute Gasteiger partial charge is 0.223 e. The Morgan fingerprint density at radius 3 is 2.65 bits per heavy atom. The molecule has 0 aliphatic carbocycles. The Labute approximate surface area is 121 Å². The number of anilines is 2. The van der Waals surface area contributed by atoms with E-state index in [1.165, 1.54) is 11.1 Å². The average Bonchev–Trinajstić information content (AvgIpc) is 2.88. The molecule has 4 nitrogen and oxygen atoms in total. The minimum Gasteiger partial charge on any atom is -0.368 e. The number of aryl methyl sites for hydroxylation is 1. The van der Waals surface area contributed by atoms with Crippen molar-refractivity contribution in [3.05, 3.63) is 46.8 Å². The summed E-state index contributed by atoms with van der Waals surface area (Å²) in [6, 6.07) is 10.6. The first-order chi connectivity index (χ1) is 9.63. The van der Waals surface area contributed by atoms with E-state index in [4.69, 9.17) is 5.73 Å². The van der Waals surface area contributed by atoms with Gasteiger partial charge in [0.05, 0.1) is 5.39 Å². The van der Waals surface area contributed by atoms with Crippen LogP contribution in [0.3, 0.4) is 0 Å². The molecule has 1 aromatic carbocycles. The Hall–Kier alpha value is -2.14. The van der Waals surface area contributed by atoms with Gasteiger partial charge in [-0.05, 0) is 23.9 Å². The second-order valence-electron chi connectivity index (χ2n) is 4.89. The summed E-state index contributed by atoms with van der Waals surface area (Å²) < 4.78 is 0. The van der Waals surface area contributed by atoms with Gasteiger partial charge in [-0.1, -0.05) is 29.8 Å². The van der Waals surface area contributed by atoms with Gasteiger partial charge in [-0.15, -0.1) is 11.3 Å². The highest BCUT2D eigenvalue weighted by molar-refractivity contribution is 7.16. The Morgan fingerprint density at radius 1 is 1.15 bits per heavy atom. The summed E-state index contributed by atoms with van der Waals surface area (Å²) in [4.78, 5) is 11.7. The second-order valence-corrected chi connectivity index (χ2v) is 5.78. The molecular weight excluding hydrogens is 268 g/mol. The first-order valence-corrected chi connectivity index (χ1v) is 7.29. The van der Waals surface area contributed by atoms with Gasteiger partial charge in [0, 0.05) is 13.6 Å². The average molecular weight is 284 g/mol.